The van der Waals surface area contributed by atoms with Gasteiger partial charge in [-0.15, -0.1) is 0 Å². The van der Waals surface area contributed by atoms with Crippen molar-refractivity contribution >= 4 is 5.97 Å². The second-order valence-corrected chi connectivity index (χ2v) is 6.44. The average molecular weight is 268 g/mol. The molecule has 2 rings (SSSR count). The molecule has 0 aromatic rings. The summed E-state index contributed by atoms with van der Waals surface area (Å²) < 4.78 is 0. The Morgan fingerprint density at radius 3 is 2.26 bits per heavy atom. The number of rotatable bonds is 4. The van der Waals surface area contributed by atoms with Crippen LogP contribution in [0.2, 0.25) is 0 Å². The Balaban J connectivity index is 2.05. The van der Waals surface area contributed by atoms with E-state index in [0.717, 1.165) is 44.9 Å². The molecule has 0 spiro atoms. The molecule has 110 valence electrons. The maximum Gasteiger partial charge on any atom is 0.305 e. The summed E-state index contributed by atoms with van der Waals surface area (Å²) in [5, 5.41) is 9.30. The van der Waals surface area contributed by atoms with Crippen molar-refractivity contribution < 1.29 is 9.90 Å². The Morgan fingerprint density at radius 2 is 1.79 bits per heavy atom. The molecule has 1 saturated carbocycles. The second kappa shape index (κ2) is 6.23. The number of carboxylic acid groups (broad SMARTS) is 1. The van der Waals surface area contributed by atoms with Crippen LogP contribution in [0.5, 0.6) is 0 Å². The molecule has 19 heavy (non-hydrogen) atoms. The molecule has 0 aromatic heterocycles. The van der Waals surface area contributed by atoms with Gasteiger partial charge in [-0.25, -0.2) is 0 Å². The number of carbonyl (C=O) groups is 1. The Kier molecular flexibility index (Phi) is 4.85. The van der Waals surface area contributed by atoms with Crippen LogP contribution < -0.4 is 0 Å². The molecule has 1 N–H and O–H groups in total. The first kappa shape index (κ1) is 14.8. The van der Waals surface area contributed by atoms with Crippen molar-refractivity contribution in [2.45, 2.75) is 51.0 Å². The van der Waals surface area contributed by atoms with Gasteiger partial charge in [-0.1, -0.05) is 13.3 Å². The summed E-state index contributed by atoms with van der Waals surface area (Å²) in [5.41, 5.74) is -0.0568. The van der Waals surface area contributed by atoms with Crippen LogP contribution in [0.15, 0.2) is 0 Å². The first-order valence-corrected chi connectivity index (χ1v) is 7.71. The number of hydrogen-bond acceptors (Lipinski definition) is 3. The van der Waals surface area contributed by atoms with E-state index in [4.69, 9.17) is 0 Å². The molecule has 1 aliphatic carbocycles. The molecular formula is C15H28N2O2. The molecule has 0 bridgehead atoms. The van der Waals surface area contributed by atoms with E-state index in [9.17, 15) is 9.90 Å². The Bertz CT molecular complexity index is 303. The van der Waals surface area contributed by atoms with Crippen molar-refractivity contribution in [3.63, 3.8) is 0 Å². The van der Waals surface area contributed by atoms with Crippen LogP contribution >= 0.6 is 0 Å². The third-order valence-corrected chi connectivity index (χ3v) is 5.27. The lowest BCUT2D eigenvalue weighted by atomic mass is 9.72. The molecule has 2 aliphatic rings. The summed E-state index contributed by atoms with van der Waals surface area (Å²) >= 11 is 0. The number of nitrogens with zero attached hydrogens (tertiary/aromatic N) is 2. The highest BCUT2D eigenvalue weighted by Gasteiger charge is 2.42. The lowest BCUT2D eigenvalue weighted by molar-refractivity contribution is -0.142. The fraction of sp³-hybridized carbons (Fsp3) is 0.933. The summed E-state index contributed by atoms with van der Waals surface area (Å²) in [6, 6.07) is 0. The zero-order chi connectivity index (χ0) is 13.9. The predicted octanol–water partition coefficient (Wildman–Crippen LogP) is 2.05. The smallest absolute Gasteiger partial charge is 0.305 e. The maximum atomic E-state index is 11.3. The lowest BCUT2D eigenvalue weighted by Gasteiger charge is -2.50. The van der Waals surface area contributed by atoms with E-state index in [2.05, 4.69) is 23.8 Å². The third-order valence-electron chi connectivity index (χ3n) is 5.27. The second-order valence-electron chi connectivity index (χ2n) is 6.44. The van der Waals surface area contributed by atoms with Gasteiger partial charge in [-0.2, -0.15) is 0 Å². The topological polar surface area (TPSA) is 43.8 Å². The maximum absolute atomic E-state index is 11.3. The van der Waals surface area contributed by atoms with E-state index < -0.39 is 5.97 Å². The minimum Gasteiger partial charge on any atom is -0.481 e. The van der Waals surface area contributed by atoms with Gasteiger partial charge in [-0.3, -0.25) is 9.69 Å². The van der Waals surface area contributed by atoms with Crippen molar-refractivity contribution in [2.75, 3.05) is 33.2 Å². The molecule has 0 radical (unpaired) electrons. The minimum atomic E-state index is -0.631. The van der Waals surface area contributed by atoms with E-state index in [1.807, 2.05) is 0 Å². The zero-order valence-corrected chi connectivity index (χ0v) is 12.4. The normalized spacial score (nSPS) is 34.3. The summed E-state index contributed by atoms with van der Waals surface area (Å²) in [6.45, 7) is 6.45. The first-order chi connectivity index (χ1) is 9.05. The zero-order valence-electron chi connectivity index (χ0n) is 12.4. The molecule has 1 heterocycles. The Morgan fingerprint density at radius 1 is 1.21 bits per heavy atom. The molecule has 0 aromatic carbocycles. The van der Waals surface area contributed by atoms with Crippen LogP contribution in [-0.4, -0.2) is 59.6 Å². The van der Waals surface area contributed by atoms with E-state index in [1.54, 1.807) is 0 Å². The number of likely N-dealkylation sites (N-methyl/N-ethyl adjacent to an activating group) is 1. The van der Waals surface area contributed by atoms with Crippen LogP contribution in [-0.2, 0) is 4.79 Å². The predicted molar refractivity (Wildman–Crippen MR) is 76.3 cm³/mol. The number of hydrogen-bond donors (Lipinski definition) is 1. The summed E-state index contributed by atoms with van der Waals surface area (Å²) in [5.74, 6) is 0.184. The van der Waals surface area contributed by atoms with Crippen LogP contribution in [0.4, 0.5) is 0 Å². The SMILES string of the molecule is CCC1CCC(CC(=O)O)(N2CCN(C)CC2)CC1. The molecule has 4 heteroatoms. The average Bonchev–Trinajstić information content (AvgIpc) is 2.39. The molecule has 1 saturated heterocycles. The number of piperazine rings is 1. The van der Waals surface area contributed by atoms with Crippen molar-refractivity contribution in [1.82, 2.24) is 9.80 Å². The Labute approximate surface area is 116 Å². The number of carboxylic acids is 1. The fourth-order valence-corrected chi connectivity index (χ4v) is 3.79. The molecule has 1 aliphatic heterocycles. The molecule has 0 atom stereocenters. The van der Waals surface area contributed by atoms with E-state index in [0.29, 0.717) is 6.42 Å². The summed E-state index contributed by atoms with van der Waals surface area (Å²) in [6.07, 6.45) is 6.12. The van der Waals surface area contributed by atoms with Crippen molar-refractivity contribution in [2.24, 2.45) is 5.92 Å². The Hall–Kier alpha value is -0.610. The number of aliphatic carboxylic acids is 1. The van der Waals surface area contributed by atoms with Gasteiger partial charge in [0.1, 0.15) is 0 Å². The van der Waals surface area contributed by atoms with Crippen LogP contribution in [0.1, 0.15) is 45.4 Å². The third kappa shape index (κ3) is 3.48. The van der Waals surface area contributed by atoms with Crippen LogP contribution in [0.3, 0.4) is 0 Å². The van der Waals surface area contributed by atoms with Gasteiger partial charge in [0, 0.05) is 31.7 Å². The van der Waals surface area contributed by atoms with Gasteiger partial charge in [-0.05, 0) is 38.6 Å². The van der Waals surface area contributed by atoms with Crippen LogP contribution in [0.25, 0.3) is 0 Å². The molecular weight excluding hydrogens is 240 g/mol. The highest BCUT2D eigenvalue weighted by molar-refractivity contribution is 5.68. The van der Waals surface area contributed by atoms with E-state index in [1.165, 1.54) is 19.3 Å². The standard InChI is InChI=1S/C15H28N2O2/c1-3-13-4-6-15(7-5-13,12-14(18)19)17-10-8-16(2)9-11-17/h13H,3-12H2,1-2H3,(H,18,19). The largest absolute Gasteiger partial charge is 0.481 e. The van der Waals surface area contributed by atoms with Crippen LogP contribution in [0, 0.1) is 5.92 Å². The quantitative estimate of drug-likeness (QED) is 0.847. The molecule has 0 amide bonds. The van der Waals surface area contributed by atoms with E-state index in [-0.39, 0.29) is 5.54 Å². The highest BCUT2D eigenvalue weighted by atomic mass is 16.4. The molecule has 0 unspecified atom stereocenters. The molecule has 4 nitrogen and oxygen atoms in total. The van der Waals surface area contributed by atoms with Crippen molar-refractivity contribution in [1.29, 1.82) is 0 Å². The van der Waals surface area contributed by atoms with Gasteiger partial charge < -0.3 is 10.0 Å². The van der Waals surface area contributed by atoms with Gasteiger partial charge >= 0.3 is 5.97 Å². The first-order valence-electron chi connectivity index (χ1n) is 7.71. The summed E-state index contributed by atoms with van der Waals surface area (Å²) in [7, 11) is 2.15. The monoisotopic (exact) mass is 268 g/mol. The van der Waals surface area contributed by atoms with Gasteiger partial charge in [0.05, 0.1) is 6.42 Å². The van der Waals surface area contributed by atoms with Crippen molar-refractivity contribution in [3.05, 3.63) is 0 Å². The molecule has 2 fully saturated rings. The van der Waals surface area contributed by atoms with Gasteiger partial charge in [0.15, 0.2) is 0 Å². The van der Waals surface area contributed by atoms with Crippen molar-refractivity contribution in [3.8, 4) is 0 Å². The van der Waals surface area contributed by atoms with E-state index >= 15 is 0 Å². The highest BCUT2D eigenvalue weighted by Crippen LogP contribution is 2.40. The van der Waals surface area contributed by atoms with Gasteiger partial charge in [0.2, 0.25) is 0 Å². The van der Waals surface area contributed by atoms with Gasteiger partial charge in [0.25, 0.3) is 0 Å². The fourth-order valence-electron chi connectivity index (χ4n) is 3.79. The summed E-state index contributed by atoms with van der Waals surface area (Å²) in [4.78, 5) is 16.1. The minimum absolute atomic E-state index is 0.0568. The lowest BCUT2D eigenvalue weighted by Crippen LogP contribution is -2.58.